The van der Waals surface area contributed by atoms with E-state index in [0.717, 1.165) is 11.8 Å². The highest BCUT2D eigenvalue weighted by atomic mass is 32.2. The Labute approximate surface area is 159 Å². The Morgan fingerprint density at radius 1 is 1.11 bits per heavy atom. The fourth-order valence-electron chi connectivity index (χ4n) is 2.31. The minimum Gasteiger partial charge on any atom is -0.494 e. The van der Waals surface area contributed by atoms with Crippen LogP contribution in [-0.2, 0) is 4.79 Å². The molecule has 0 aliphatic carbocycles. The highest BCUT2D eigenvalue weighted by Crippen LogP contribution is 2.28. The zero-order valence-electron chi connectivity index (χ0n) is 14.2. The van der Waals surface area contributed by atoms with Crippen molar-refractivity contribution in [2.75, 3.05) is 17.7 Å². The monoisotopic (exact) mass is 417 g/mol. The molecular weight excluding hydrogens is 405 g/mol. The third kappa shape index (κ3) is 3.88. The van der Waals surface area contributed by atoms with Gasteiger partial charge in [0.2, 0.25) is 11.7 Å². The van der Waals surface area contributed by atoms with E-state index in [1.807, 2.05) is 6.92 Å². The number of hydrogen-bond acceptors (Lipinski definition) is 4. The van der Waals surface area contributed by atoms with Gasteiger partial charge in [0.15, 0.2) is 28.4 Å². The van der Waals surface area contributed by atoms with Crippen molar-refractivity contribution in [3.05, 3.63) is 47.3 Å². The minimum absolute atomic E-state index is 0.330. The summed E-state index contributed by atoms with van der Waals surface area (Å²) in [6.07, 6.45) is 0. The Morgan fingerprint density at radius 3 is 2.39 bits per heavy atom. The SMILES string of the molecule is CCOc1ccc2nc(SCC(=O)Nc3c(F)c(F)c(F)c(F)c3F)[nH]c2c1. The molecule has 1 heterocycles. The Kier molecular flexibility index (Phi) is 5.73. The number of thioether (sulfide) groups is 1. The molecule has 2 N–H and O–H groups in total. The summed E-state index contributed by atoms with van der Waals surface area (Å²) in [6.45, 7) is 2.32. The Hall–Kier alpha value is -2.82. The number of halogens is 5. The first-order valence-electron chi connectivity index (χ1n) is 7.88. The van der Waals surface area contributed by atoms with Crippen LogP contribution in [0.25, 0.3) is 11.0 Å². The Balaban J connectivity index is 1.70. The number of benzene rings is 2. The number of amides is 1. The summed E-state index contributed by atoms with van der Waals surface area (Å²) in [4.78, 5) is 19.0. The Morgan fingerprint density at radius 2 is 1.75 bits per heavy atom. The second-order valence-electron chi connectivity index (χ2n) is 5.44. The van der Waals surface area contributed by atoms with Crippen LogP contribution in [0.2, 0.25) is 0 Å². The van der Waals surface area contributed by atoms with Crippen LogP contribution in [0.4, 0.5) is 27.6 Å². The molecule has 5 nitrogen and oxygen atoms in total. The molecule has 148 valence electrons. The second kappa shape index (κ2) is 8.05. The van der Waals surface area contributed by atoms with Crippen molar-refractivity contribution < 1.29 is 31.5 Å². The molecule has 0 radical (unpaired) electrons. The molecule has 3 rings (SSSR count). The number of H-pyrrole nitrogens is 1. The minimum atomic E-state index is -2.30. The number of ether oxygens (including phenoxy) is 1. The van der Waals surface area contributed by atoms with Crippen molar-refractivity contribution in [2.45, 2.75) is 12.1 Å². The van der Waals surface area contributed by atoms with E-state index in [-0.39, 0.29) is 5.75 Å². The molecule has 0 aliphatic rings. The van der Waals surface area contributed by atoms with E-state index in [1.54, 1.807) is 23.5 Å². The van der Waals surface area contributed by atoms with Gasteiger partial charge in [0.25, 0.3) is 0 Å². The lowest BCUT2D eigenvalue weighted by Gasteiger charge is -2.09. The maximum Gasteiger partial charge on any atom is 0.235 e. The van der Waals surface area contributed by atoms with Crippen LogP contribution in [0, 0.1) is 29.1 Å². The van der Waals surface area contributed by atoms with Gasteiger partial charge in [0.1, 0.15) is 11.4 Å². The van der Waals surface area contributed by atoms with Crippen molar-refractivity contribution in [1.29, 1.82) is 0 Å². The van der Waals surface area contributed by atoms with Crippen LogP contribution in [0.3, 0.4) is 0 Å². The number of aromatic nitrogens is 2. The van der Waals surface area contributed by atoms with E-state index in [4.69, 9.17) is 4.74 Å². The lowest BCUT2D eigenvalue weighted by atomic mass is 10.2. The summed E-state index contributed by atoms with van der Waals surface area (Å²) in [7, 11) is 0. The van der Waals surface area contributed by atoms with E-state index in [9.17, 15) is 26.7 Å². The first-order chi connectivity index (χ1) is 13.3. The van der Waals surface area contributed by atoms with E-state index < -0.39 is 40.7 Å². The van der Waals surface area contributed by atoms with Crippen LogP contribution in [0.1, 0.15) is 6.92 Å². The van der Waals surface area contributed by atoms with Gasteiger partial charge in [-0.2, -0.15) is 0 Å². The number of aromatic amines is 1. The first kappa shape index (κ1) is 19.9. The van der Waals surface area contributed by atoms with E-state index in [0.29, 0.717) is 28.5 Å². The molecule has 1 amide bonds. The van der Waals surface area contributed by atoms with Crippen molar-refractivity contribution in [3.63, 3.8) is 0 Å². The summed E-state index contributed by atoms with van der Waals surface area (Å²) in [6, 6.07) is 5.14. The molecule has 28 heavy (non-hydrogen) atoms. The number of anilines is 1. The second-order valence-corrected chi connectivity index (χ2v) is 6.40. The van der Waals surface area contributed by atoms with Gasteiger partial charge >= 0.3 is 0 Å². The lowest BCUT2D eigenvalue weighted by Crippen LogP contribution is -2.18. The number of carbonyl (C=O) groups is 1. The van der Waals surface area contributed by atoms with Gasteiger partial charge in [-0.1, -0.05) is 11.8 Å². The molecule has 0 saturated heterocycles. The van der Waals surface area contributed by atoms with Crippen molar-refractivity contribution in [2.24, 2.45) is 0 Å². The number of fused-ring (bicyclic) bond motifs is 1. The molecule has 0 unspecified atom stereocenters. The Bertz CT molecular complexity index is 1030. The fourth-order valence-corrected chi connectivity index (χ4v) is 3.00. The van der Waals surface area contributed by atoms with Crippen molar-refractivity contribution >= 4 is 34.4 Å². The quantitative estimate of drug-likeness (QED) is 0.270. The third-order valence-electron chi connectivity index (χ3n) is 3.56. The molecule has 0 saturated carbocycles. The third-order valence-corrected chi connectivity index (χ3v) is 4.43. The van der Waals surface area contributed by atoms with Gasteiger partial charge in [-0.3, -0.25) is 4.79 Å². The zero-order chi connectivity index (χ0) is 20.4. The summed E-state index contributed by atoms with van der Waals surface area (Å²) < 4.78 is 71.9. The molecule has 0 aliphatic heterocycles. The van der Waals surface area contributed by atoms with Gasteiger partial charge in [-0.25, -0.2) is 26.9 Å². The van der Waals surface area contributed by atoms with Crippen LogP contribution in [-0.4, -0.2) is 28.2 Å². The first-order valence-corrected chi connectivity index (χ1v) is 8.87. The maximum absolute atomic E-state index is 13.6. The van der Waals surface area contributed by atoms with Crippen molar-refractivity contribution in [1.82, 2.24) is 9.97 Å². The fraction of sp³-hybridized carbons (Fsp3) is 0.176. The van der Waals surface area contributed by atoms with Gasteiger partial charge in [-0.15, -0.1) is 0 Å². The summed E-state index contributed by atoms with van der Waals surface area (Å²) in [5.74, 6) is -11.5. The van der Waals surface area contributed by atoms with Crippen molar-refractivity contribution in [3.8, 4) is 5.75 Å². The number of nitrogens with one attached hydrogen (secondary N) is 2. The predicted octanol–water partition coefficient (Wildman–Crippen LogP) is 4.39. The number of nitrogens with zero attached hydrogens (tertiary/aromatic N) is 1. The van der Waals surface area contributed by atoms with Gasteiger partial charge in [-0.05, 0) is 19.1 Å². The summed E-state index contributed by atoms with van der Waals surface area (Å²) in [5.41, 5.74) is -0.146. The molecule has 1 aromatic heterocycles. The van der Waals surface area contributed by atoms with Crippen LogP contribution in [0.5, 0.6) is 5.75 Å². The highest BCUT2D eigenvalue weighted by Gasteiger charge is 2.26. The number of rotatable bonds is 6. The average molecular weight is 417 g/mol. The number of hydrogen-bond donors (Lipinski definition) is 2. The average Bonchev–Trinajstić information content (AvgIpc) is 3.09. The van der Waals surface area contributed by atoms with Crippen LogP contribution in [0.15, 0.2) is 23.4 Å². The molecule has 11 heteroatoms. The molecule has 0 bridgehead atoms. The normalized spacial score (nSPS) is 11.1. The van der Waals surface area contributed by atoms with Gasteiger partial charge in [0.05, 0.1) is 23.4 Å². The molecule has 0 spiro atoms. The predicted molar refractivity (Wildman–Crippen MR) is 92.8 cm³/mol. The zero-order valence-corrected chi connectivity index (χ0v) is 15.0. The van der Waals surface area contributed by atoms with E-state index >= 15 is 0 Å². The number of carbonyl (C=O) groups excluding carboxylic acids is 1. The standard InChI is InChI=1S/C17H12F5N3O2S/c1-2-27-7-3-4-8-9(5-7)24-17(23-8)28-6-10(26)25-16-14(21)12(19)11(18)13(20)15(16)22/h3-5H,2,6H2,1H3,(H,23,24)(H,25,26). The lowest BCUT2D eigenvalue weighted by molar-refractivity contribution is -0.113. The van der Waals surface area contributed by atoms with Gasteiger partial charge in [0, 0.05) is 6.07 Å². The molecule has 0 atom stereocenters. The topological polar surface area (TPSA) is 67.0 Å². The van der Waals surface area contributed by atoms with Crippen LogP contribution < -0.4 is 10.1 Å². The largest absolute Gasteiger partial charge is 0.494 e. The number of imidazole rings is 1. The summed E-state index contributed by atoms with van der Waals surface area (Å²) in [5, 5.41) is 2.03. The smallest absolute Gasteiger partial charge is 0.235 e. The highest BCUT2D eigenvalue weighted by molar-refractivity contribution is 7.99. The van der Waals surface area contributed by atoms with E-state index in [1.165, 1.54) is 0 Å². The molecular formula is C17H12F5N3O2S. The maximum atomic E-state index is 13.6. The molecule has 2 aromatic carbocycles. The molecule has 0 fully saturated rings. The summed E-state index contributed by atoms with van der Waals surface area (Å²) >= 11 is 0.890. The van der Waals surface area contributed by atoms with Crippen LogP contribution >= 0.6 is 11.8 Å². The van der Waals surface area contributed by atoms with E-state index in [2.05, 4.69) is 9.97 Å². The molecule has 3 aromatic rings. The van der Waals surface area contributed by atoms with Gasteiger partial charge < -0.3 is 15.0 Å².